The van der Waals surface area contributed by atoms with Crippen LogP contribution < -0.4 is 5.56 Å². The summed E-state index contributed by atoms with van der Waals surface area (Å²) in [5.41, 5.74) is 1.15. The van der Waals surface area contributed by atoms with Crippen molar-refractivity contribution in [3.63, 3.8) is 0 Å². The minimum absolute atomic E-state index is 0.175. The van der Waals surface area contributed by atoms with Crippen molar-refractivity contribution < 1.29 is 5.11 Å². The molecule has 0 aliphatic carbocycles. The zero-order valence-electron chi connectivity index (χ0n) is 10.9. The fourth-order valence-electron chi connectivity index (χ4n) is 2.10. The molecule has 5 heteroatoms. The highest BCUT2D eigenvalue weighted by atomic mass is 79.9. The van der Waals surface area contributed by atoms with E-state index >= 15 is 0 Å². The molecule has 0 unspecified atom stereocenters. The Labute approximate surface area is 129 Å². The average Bonchev–Trinajstić information content (AvgIpc) is 2.47. The standard InChI is InChI=1S/C16H11BrN2O2/c17-12-8-4-7-11(9-12)14-18-15(20)13(16(21)19-14)10-5-2-1-3-6-10/h1-9H,(H2,18,19,20,21). The smallest absolute Gasteiger partial charge is 0.262 e. The van der Waals surface area contributed by atoms with Gasteiger partial charge in [-0.1, -0.05) is 58.4 Å². The third-order valence-corrected chi connectivity index (χ3v) is 3.55. The quantitative estimate of drug-likeness (QED) is 0.748. The Balaban J connectivity index is 2.15. The summed E-state index contributed by atoms with van der Waals surface area (Å²) >= 11 is 3.37. The molecule has 2 N–H and O–H groups in total. The topological polar surface area (TPSA) is 66.0 Å². The second-order valence-corrected chi connectivity index (χ2v) is 5.41. The Kier molecular flexibility index (Phi) is 3.58. The van der Waals surface area contributed by atoms with E-state index < -0.39 is 0 Å². The van der Waals surface area contributed by atoms with Crippen molar-refractivity contribution in [2.24, 2.45) is 0 Å². The maximum Gasteiger partial charge on any atom is 0.262 e. The number of hydrogen-bond acceptors (Lipinski definition) is 3. The van der Waals surface area contributed by atoms with Gasteiger partial charge in [-0.25, -0.2) is 0 Å². The molecule has 1 heterocycles. The van der Waals surface area contributed by atoms with Crippen molar-refractivity contribution in [2.45, 2.75) is 0 Å². The first-order chi connectivity index (χ1) is 10.1. The van der Waals surface area contributed by atoms with E-state index in [0.29, 0.717) is 11.4 Å². The highest BCUT2D eigenvalue weighted by molar-refractivity contribution is 9.10. The summed E-state index contributed by atoms with van der Waals surface area (Å²) in [6, 6.07) is 16.3. The van der Waals surface area contributed by atoms with Gasteiger partial charge in [-0.3, -0.25) is 4.79 Å². The zero-order valence-corrected chi connectivity index (χ0v) is 12.5. The van der Waals surface area contributed by atoms with Crippen molar-refractivity contribution in [1.29, 1.82) is 0 Å². The van der Waals surface area contributed by atoms with E-state index in [1.807, 2.05) is 30.3 Å². The van der Waals surface area contributed by atoms with Crippen LogP contribution in [0.3, 0.4) is 0 Å². The van der Waals surface area contributed by atoms with Crippen LogP contribution in [0.15, 0.2) is 63.9 Å². The SMILES string of the molecule is O=c1[nH]c(-c2cccc(Br)c2)nc(O)c1-c1ccccc1. The lowest BCUT2D eigenvalue weighted by atomic mass is 10.1. The lowest BCUT2D eigenvalue weighted by Gasteiger charge is -2.06. The van der Waals surface area contributed by atoms with Crippen molar-refractivity contribution in [3.05, 3.63) is 69.4 Å². The average molecular weight is 343 g/mol. The van der Waals surface area contributed by atoms with Gasteiger partial charge in [-0.05, 0) is 17.7 Å². The number of H-pyrrole nitrogens is 1. The van der Waals surface area contributed by atoms with E-state index in [1.54, 1.807) is 24.3 Å². The largest absolute Gasteiger partial charge is 0.493 e. The van der Waals surface area contributed by atoms with E-state index in [2.05, 4.69) is 25.9 Å². The summed E-state index contributed by atoms with van der Waals surface area (Å²) in [5.74, 6) is 0.0541. The third-order valence-electron chi connectivity index (χ3n) is 3.06. The van der Waals surface area contributed by atoms with Crippen molar-refractivity contribution >= 4 is 15.9 Å². The number of halogens is 1. The number of rotatable bonds is 2. The molecule has 4 nitrogen and oxygen atoms in total. The number of nitrogens with zero attached hydrogens (tertiary/aromatic N) is 1. The monoisotopic (exact) mass is 342 g/mol. The summed E-state index contributed by atoms with van der Waals surface area (Å²) < 4.78 is 0.870. The van der Waals surface area contributed by atoms with E-state index in [1.165, 1.54) is 0 Å². The van der Waals surface area contributed by atoms with Crippen LogP contribution in [0.5, 0.6) is 5.88 Å². The predicted octanol–water partition coefficient (Wildman–Crippen LogP) is 3.57. The summed E-state index contributed by atoms with van der Waals surface area (Å²) in [6.07, 6.45) is 0. The van der Waals surface area contributed by atoms with Gasteiger partial charge in [0.1, 0.15) is 11.4 Å². The first kappa shape index (κ1) is 13.6. The molecule has 1 aromatic heterocycles. The van der Waals surface area contributed by atoms with E-state index in [4.69, 9.17) is 0 Å². The van der Waals surface area contributed by atoms with Crippen LogP contribution in [-0.4, -0.2) is 15.1 Å². The molecular formula is C16H11BrN2O2. The van der Waals surface area contributed by atoms with Crippen LogP contribution in [-0.2, 0) is 0 Å². The Morgan fingerprint density at radius 2 is 1.71 bits per heavy atom. The normalized spacial score (nSPS) is 10.5. The van der Waals surface area contributed by atoms with Crippen LogP contribution in [0.1, 0.15) is 0 Å². The van der Waals surface area contributed by atoms with E-state index in [0.717, 1.165) is 10.0 Å². The highest BCUT2D eigenvalue weighted by Gasteiger charge is 2.13. The molecule has 2 aromatic carbocycles. The van der Waals surface area contributed by atoms with Gasteiger partial charge in [-0.15, -0.1) is 0 Å². The Morgan fingerprint density at radius 1 is 1.00 bits per heavy atom. The molecule has 0 radical (unpaired) electrons. The highest BCUT2D eigenvalue weighted by Crippen LogP contribution is 2.26. The maximum absolute atomic E-state index is 12.3. The molecule has 0 fully saturated rings. The first-order valence-electron chi connectivity index (χ1n) is 6.30. The van der Waals surface area contributed by atoms with Crippen molar-refractivity contribution in [3.8, 4) is 28.4 Å². The lowest BCUT2D eigenvalue weighted by Crippen LogP contribution is -2.12. The maximum atomic E-state index is 12.3. The predicted molar refractivity (Wildman–Crippen MR) is 85.1 cm³/mol. The Hall–Kier alpha value is -2.40. The fraction of sp³-hybridized carbons (Fsp3) is 0. The molecule has 0 aliphatic heterocycles. The molecule has 0 amide bonds. The van der Waals surface area contributed by atoms with Gasteiger partial charge < -0.3 is 10.1 Å². The van der Waals surface area contributed by atoms with Gasteiger partial charge in [-0.2, -0.15) is 4.98 Å². The molecule has 0 atom stereocenters. The molecule has 0 saturated carbocycles. The van der Waals surface area contributed by atoms with Gasteiger partial charge in [0, 0.05) is 10.0 Å². The molecular weight excluding hydrogens is 332 g/mol. The second kappa shape index (κ2) is 5.54. The molecule has 0 saturated heterocycles. The van der Waals surface area contributed by atoms with Gasteiger partial charge in [0.05, 0.1) is 0 Å². The molecule has 3 rings (SSSR count). The lowest BCUT2D eigenvalue weighted by molar-refractivity contribution is 0.454. The van der Waals surface area contributed by atoms with Gasteiger partial charge in [0.25, 0.3) is 5.56 Å². The Bertz CT molecular complexity index is 844. The minimum Gasteiger partial charge on any atom is -0.493 e. The summed E-state index contributed by atoms with van der Waals surface area (Å²) in [7, 11) is 0. The van der Waals surface area contributed by atoms with Crippen LogP contribution >= 0.6 is 15.9 Å². The van der Waals surface area contributed by atoms with Gasteiger partial charge in [0.2, 0.25) is 5.88 Å². The molecule has 0 bridgehead atoms. The zero-order chi connectivity index (χ0) is 14.8. The number of aromatic nitrogens is 2. The number of nitrogens with one attached hydrogen (secondary N) is 1. The summed E-state index contributed by atoms with van der Waals surface area (Å²) in [4.78, 5) is 19.1. The third kappa shape index (κ3) is 2.73. The number of benzene rings is 2. The fourth-order valence-corrected chi connectivity index (χ4v) is 2.50. The molecule has 3 aromatic rings. The van der Waals surface area contributed by atoms with Crippen LogP contribution in [0.25, 0.3) is 22.5 Å². The molecule has 104 valence electrons. The van der Waals surface area contributed by atoms with E-state index in [-0.39, 0.29) is 17.0 Å². The van der Waals surface area contributed by atoms with Crippen LogP contribution in [0.2, 0.25) is 0 Å². The van der Waals surface area contributed by atoms with E-state index in [9.17, 15) is 9.90 Å². The van der Waals surface area contributed by atoms with Gasteiger partial charge >= 0.3 is 0 Å². The van der Waals surface area contributed by atoms with Crippen molar-refractivity contribution in [2.75, 3.05) is 0 Å². The number of aromatic amines is 1. The Morgan fingerprint density at radius 3 is 2.38 bits per heavy atom. The van der Waals surface area contributed by atoms with Crippen molar-refractivity contribution in [1.82, 2.24) is 9.97 Å². The summed E-state index contributed by atoms with van der Waals surface area (Å²) in [6.45, 7) is 0. The molecule has 21 heavy (non-hydrogen) atoms. The molecule has 0 spiro atoms. The number of hydrogen-bond donors (Lipinski definition) is 2. The van der Waals surface area contributed by atoms with Crippen LogP contribution in [0, 0.1) is 0 Å². The minimum atomic E-state index is -0.372. The first-order valence-corrected chi connectivity index (χ1v) is 7.09. The van der Waals surface area contributed by atoms with Crippen LogP contribution in [0.4, 0.5) is 0 Å². The summed E-state index contributed by atoms with van der Waals surface area (Å²) in [5, 5.41) is 10.1. The molecule has 0 aliphatic rings. The number of aromatic hydroxyl groups is 1. The van der Waals surface area contributed by atoms with Gasteiger partial charge in [0.15, 0.2) is 0 Å². The second-order valence-electron chi connectivity index (χ2n) is 4.49.